The average Bonchev–Trinajstić information content (AvgIpc) is 3.37. The van der Waals surface area contributed by atoms with E-state index < -0.39 is 18.1 Å². The zero-order chi connectivity index (χ0) is 27.9. The van der Waals surface area contributed by atoms with Gasteiger partial charge in [0.1, 0.15) is 11.4 Å². The van der Waals surface area contributed by atoms with E-state index in [0.717, 1.165) is 23.2 Å². The van der Waals surface area contributed by atoms with Crippen LogP contribution in [0.2, 0.25) is 0 Å². The highest BCUT2D eigenvalue weighted by atomic mass is 19.4. The molecular weight excluding hydrogens is 507 g/mol. The summed E-state index contributed by atoms with van der Waals surface area (Å²) >= 11 is 0. The van der Waals surface area contributed by atoms with E-state index in [-0.39, 0.29) is 42.1 Å². The number of anilines is 2. The van der Waals surface area contributed by atoms with Gasteiger partial charge < -0.3 is 25.0 Å². The SMILES string of the molecule is CC.O=C(O)CNCCn1cccc(Nc2nn(-c3ccc(OC(F)(F)F)cc3)c(=O)c3c2CCC3)c1=O. The number of aliphatic carboxylic acids is 1. The van der Waals surface area contributed by atoms with Crippen molar-refractivity contribution in [2.75, 3.05) is 18.4 Å². The molecular formula is C25H28F3N5O5. The fraction of sp³-hybridized carbons (Fsp3) is 0.360. The molecule has 0 saturated carbocycles. The van der Waals surface area contributed by atoms with Gasteiger partial charge in [-0.05, 0) is 55.7 Å². The lowest BCUT2D eigenvalue weighted by Gasteiger charge is -2.15. The third-order valence-electron chi connectivity index (χ3n) is 5.55. The lowest BCUT2D eigenvalue weighted by molar-refractivity contribution is -0.274. The number of fused-ring (bicyclic) bond motifs is 1. The summed E-state index contributed by atoms with van der Waals surface area (Å²) in [5.74, 6) is -1.13. The number of rotatable bonds is 9. The first kappa shape index (κ1) is 28.4. The van der Waals surface area contributed by atoms with E-state index >= 15 is 0 Å². The number of halogens is 3. The number of nitrogens with one attached hydrogen (secondary N) is 2. The predicted molar refractivity (Wildman–Crippen MR) is 134 cm³/mol. The molecule has 10 nitrogen and oxygen atoms in total. The molecule has 3 aromatic rings. The van der Waals surface area contributed by atoms with Gasteiger partial charge in [0, 0.05) is 30.4 Å². The van der Waals surface area contributed by atoms with Gasteiger partial charge >= 0.3 is 12.3 Å². The number of hydrogen-bond acceptors (Lipinski definition) is 7. The Kier molecular flexibility index (Phi) is 9.29. The van der Waals surface area contributed by atoms with Gasteiger partial charge in [0.25, 0.3) is 11.1 Å². The van der Waals surface area contributed by atoms with E-state index in [1.165, 1.54) is 16.7 Å². The molecule has 3 N–H and O–H groups in total. The summed E-state index contributed by atoms with van der Waals surface area (Å²) in [6, 6.07) is 7.97. The fourth-order valence-electron chi connectivity index (χ4n) is 3.97. The van der Waals surface area contributed by atoms with Crippen LogP contribution in [0.5, 0.6) is 5.75 Å². The maximum atomic E-state index is 13.0. The largest absolute Gasteiger partial charge is 0.573 e. The van der Waals surface area contributed by atoms with E-state index in [2.05, 4.69) is 20.5 Å². The summed E-state index contributed by atoms with van der Waals surface area (Å²) in [6.45, 7) is 4.27. The van der Waals surface area contributed by atoms with Crippen molar-refractivity contribution < 1.29 is 27.8 Å². The van der Waals surface area contributed by atoms with E-state index in [0.29, 0.717) is 29.8 Å². The first-order valence-corrected chi connectivity index (χ1v) is 12.0. The van der Waals surface area contributed by atoms with Crippen molar-refractivity contribution >= 4 is 17.5 Å². The zero-order valence-electron chi connectivity index (χ0n) is 20.8. The van der Waals surface area contributed by atoms with Crippen molar-refractivity contribution in [2.24, 2.45) is 0 Å². The number of pyridine rings is 1. The van der Waals surface area contributed by atoms with Crippen molar-refractivity contribution in [2.45, 2.75) is 46.0 Å². The highest BCUT2D eigenvalue weighted by Crippen LogP contribution is 2.28. The Bertz CT molecular complexity index is 1380. The van der Waals surface area contributed by atoms with Crippen molar-refractivity contribution in [1.29, 1.82) is 0 Å². The topological polar surface area (TPSA) is 127 Å². The Morgan fingerprint density at radius 2 is 1.76 bits per heavy atom. The van der Waals surface area contributed by atoms with E-state index in [4.69, 9.17) is 5.11 Å². The van der Waals surface area contributed by atoms with Gasteiger partial charge in [0.05, 0.1) is 12.2 Å². The number of hydrogen-bond donors (Lipinski definition) is 3. The maximum absolute atomic E-state index is 13.0. The minimum atomic E-state index is -4.84. The molecule has 204 valence electrons. The van der Waals surface area contributed by atoms with Gasteiger partial charge in [-0.2, -0.15) is 4.68 Å². The van der Waals surface area contributed by atoms with Gasteiger partial charge in [0.15, 0.2) is 5.82 Å². The number of carbonyl (C=O) groups is 1. The average molecular weight is 536 g/mol. The predicted octanol–water partition coefficient (Wildman–Crippen LogP) is 3.23. The minimum Gasteiger partial charge on any atom is -0.480 e. The molecule has 2 heterocycles. The smallest absolute Gasteiger partial charge is 0.480 e. The summed E-state index contributed by atoms with van der Waals surface area (Å²) in [4.78, 5) is 36.6. The molecule has 1 aliphatic rings. The van der Waals surface area contributed by atoms with Crippen LogP contribution >= 0.6 is 0 Å². The van der Waals surface area contributed by atoms with Crippen LogP contribution in [0.15, 0.2) is 52.2 Å². The number of benzene rings is 1. The summed E-state index contributed by atoms with van der Waals surface area (Å²) in [7, 11) is 0. The standard InChI is InChI=1S/C23H22F3N5O5.C2H6/c24-23(25,26)36-15-8-6-14(7-9-15)31-21(34)17-4-1-3-16(17)20(29-31)28-18-5-2-11-30(22(18)35)12-10-27-13-19(32)33;1-2/h2,5-9,11,27H,1,3-4,10,12-13H2,(H,28,29)(H,32,33);1-2H3. The van der Waals surface area contributed by atoms with Crippen LogP contribution in [0.25, 0.3) is 5.69 Å². The molecule has 0 unspecified atom stereocenters. The van der Waals surface area contributed by atoms with Crippen LogP contribution in [0.3, 0.4) is 0 Å². The molecule has 0 fully saturated rings. The Balaban J connectivity index is 0.00000195. The molecule has 1 aromatic carbocycles. The Morgan fingerprint density at radius 1 is 1.08 bits per heavy atom. The second-order valence-corrected chi connectivity index (χ2v) is 8.03. The molecule has 0 radical (unpaired) electrons. The van der Waals surface area contributed by atoms with Crippen LogP contribution in [-0.4, -0.2) is 44.9 Å². The molecule has 4 rings (SSSR count). The van der Waals surface area contributed by atoms with Crippen LogP contribution in [0.1, 0.15) is 31.4 Å². The summed E-state index contributed by atoms with van der Waals surface area (Å²) in [5, 5.41) is 18.8. The molecule has 0 saturated heterocycles. The van der Waals surface area contributed by atoms with Crippen LogP contribution < -0.4 is 26.5 Å². The molecule has 0 spiro atoms. The number of alkyl halides is 3. The number of ether oxygens (including phenoxy) is 1. The van der Waals surface area contributed by atoms with E-state index in [1.807, 2.05) is 13.8 Å². The van der Waals surface area contributed by atoms with Crippen LogP contribution in [0, 0.1) is 0 Å². The van der Waals surface area contributed by atoms with Gasteiger partial charge in [-0.25, -0.2) is 0 Å². The third-order valence-corrected chi connectivity index (χ3v) is 5.55. The highest BCUT2D eigenvalue weighted by Gasteiger charge is 2.31. The van der Waals surface area contributed by atoms with Gasteiger partial charge in [-0.3, -0.25) is 14.4 Å². The first-order chi connectivity index (χ1) is 18.1. The molecule has 2 aromatic heterocycles. The Morgan fingerprint density at radius 3 is 2.42 bits per heavy atom. The summed E-state index contributed by atoms with van der Waals surface area (Å²) in [5.41, 5.74) is 0.907. The van der Waals surface area contributed by atoms with Crippen molar-refractivity contribution in [3.8, 4) is 11.4 Å². The van der Waals surface area contributed by atoms with Crippen LogP contribution in [-0.2, 0) is 24.2 Å². The lowest BCUT2D eigenvalue weighted by Crippen LogP contribution is -2.31. The van der Waals surface area contributed by atoms with Crippen molar-refractivity contribution in [1.82, 2.24) is 19.7 Å². The quantitative estimate of drug-likeness (QED) is 0.357. The molecule has 13 heteroatoms. The number of carboxylic acids is 1. The second kappa shape index (κ2) is 12.4. The number of carboxylic acid groups (broad SMARTS) is 1. The molecule has 1 aliphatic carbocycles. The lowest BCUT2D eigenvalue weighted by atomic mass is 10.2. The number of nitrogens with zero attached hydrogens (tertiary/aromatic N) is 3. The van der Waals surface area contributed by atoms with E-state index in [1.54, 1.807) is 18.3 Å². The molecule has 0 bridgehead atoms. The molecule has 38 heavy (non-hydrogen) atoms. The van der Waals surface area contributed by atoms with Crippen molar-refractivity contribution in [3.63, 3.8) is 0 Å². The fourth-order valence-corrected chi connectivity index (χ4v) is 3.97. The highest BCUT2D eigenvalue weighted by molar-refractivity contribution is 5.69. The van der Waals surface area contributed by atoms with E-state index in [9.17, 15) is 27.6 Å². The first-order valence-electron chi connectivity index (χ1n) is 12.0. The molecule has 0 atom stereocenters. The maximum Gasteiger partial charge on any atom is 0.573 e. The van der Waals surface area contributed by atoms with Gasteiger partial charge in [0.2, 0.25) is 0 Å². The summed E-state index contributed by atoms with van der Waals surface area (Å²) in [6.07, 6.45) is -1.46. The summed E-state index contributed by atoms with van der Waals surface area (Å²) < 4.78 is 43.8. The second-order valence-electron chi connectivity index (χ2n) is 8.03. The zero-order valence-corrected chi connectivity index (χ0v) is 20.8. The number of aromatic nitrogens is 3. The molecule has 0 amide bonds. The van der Waals surface area contributed by atoms with Crippen molar-refractivity contribution in [3.05, 3.63) is 74.4 Å². The van der Waals surface area contributed by atoms with Gasteiger partial charge in [-0.1, -0.05) is 13.8 Å². The Hall–Kier alpha value is -4.13. The normalized spacial score (nSPS) is 12.3. The minimum absolute atomic E-state index is 0.205. The van der Waals surface area contributed by atoms with Gasteiger partial charge in [-0.15, -0.1) is 18.3 Å². The van der Waals surface area contributed by atoms with Crippen LogP contribution in [0.4, 0.5) is 24.7 Å². The molecule has 0 aliphatic heterocycles. The monoisotopic (exact) mass is 535 g/mol. The Labute approximate surface area is 215 Å². The third kappa shape index (κ3) is 7.00.